The number of carbonyl (C=O) groups excluding carboxylic acids is 1. The number of aryl methyl sites for hydroxylation is 1. The Morgan fingerprint density at radius 2 is 1.97 bits per heavy atom. The summed E-state index contributed by atoms with van der Waals surface area (Å²) in [7, 11) is 1.84. The second kappa shape index (κ2) is 8.02. The van der Waals surface area contributed by atoms with E-state index in [0.29, 0.717) is 12.1 Å². The Labute approximate surface area is 175 Å². The van der Waals surface area contributed by atoms with E-state index in [9.17, 15) is 4.79 Å². The number of hydrogen-bond donors (Lipinski definition) is 0. The van der Waals surface area contributed by atoms with Crippen LogP contribution in [0.3, 0.4) is 0 Å². The van der Waals surface area contributed by atoms with Crippen LogP contribution in [0.15, 0.2) is 65.8 Å². The van der Waals surface area contributed by atoms with Gasteiger partial charge < -0.3 is 13.9 Å². The molecule has 0 bridgehead atoms. The molecule has 7 nitrogen and oxygen atoms in total. The van der Waals surface area contributed by atoms with E-state index in [2.05, 4.69) is 14.6 Å². The molecule has 0 aliphatic carbocycles. The fourth-order valence-electron chi connectivity index (χ4n) is 3.66. The largest absolute Gasteiger partial charge is 0.467 e. The van der Waals surface area contributed by atoms with E-state index < -0.39 is 0 Å². The first kappa shape index (κ1) is 19.7. The first-order valence-electron chi connectivity index (χ1n) is 9.87. The van der Waals surface area contributed by atoms with E-state index in [-0.39, 0.29) is 11.9 Å². The molecular weight excluding hydrogens is 378 g/mol. The summed E-state index contributed by atoms with van der Waals surface area (Å²) >= 11 is 0. The molecule has 3 aromatic heterocycles. The molecule has 0 aliphatic rings. The average Bonchev–Trinajstić information content (AvgIpc) is 3.52. The van der Waals surface area contributed by atoms with Crippen LogP contribution in [-0.2, 0) is 6.54 Å². The van der Waals surface area contributed by atoms with Crippen molar-refractivity contribution < 1.29 is 9.21 Å². The van der Waals surface area contributed by atoms with Crippen LogP contribution in [-0.4, -0.2) is 37.2 Å². The smallest absolute Gasteiger partial charge is 0.255 e. The summed E-state index contributed by atoms with van der Waals surface area (Å²) in [6.45, 7) is 6.64. The zero-order valence-electron chi connectivity index (χ0n) is 17.6. The molecule has 0 N–H and O–H groups in total. The monoisotopic (exact) mass is 403 g/mol. The van der Waals surface area contributed by atoms with E-state index in [1.807, 2.05) is 70.3 Å². The van der Waals surface area contributed by atoms with Crippen molar-refractivity contribution in [1.29, 1.82) is 0 Å². The lowest BCUT2D eigenvalue weighted by Crippen LogP contribution is -2.30. The second-order valence-corrected chi connectivity index (χ2v) is 7.47. The van der Waals surface area contributed by atoms with Gasteiger partial charge in [0, 0.05) is 18.4 Å². The quantitative estimate of drug-likeness (QED) is 0.485. The maximum atomic E-state index is 13.3. The SMILES string of the molecule is Cc1cc(C(=O)N(C)[C@H](C)c2ccc(-n3cncn3)cc2)c(C)n1Cc1ccco1. The molecular formula is C23H25N5O2. The van der Waals surface area contributed by atoms with Crippen molar-refractivity contribution in [2.45, 2.75) is 33.4 Å². The third-order valence-electron chi connectivity index (χ3n) is 5.66. The topological polar surface area (TPSA) is 69.1 Å². The molecule has 0 aliphatic heterocycles. The Balaban J connectivity index is 1.53. The van der Waals surface area contributed by atoms with Gasteiger partial charge in [-0.1, -0.05) is 12.1 Å². The van der Waals surface area contributed by atoms with Gasteiger partial charge >= 0.3 is 0 Å². The van der Waals surface area contributed by atoms with Gasteiger partial charge in [0.2, 0.25) is 0 Å². The highest BCUT2D eigenvalue weighted by atomic mass is 16.3. The molecule has 4 aromatic rings. The van der Waals surface area contributed by atoms with Crippen LogP contribution in [0.25, 0.3) is 5.69 Å². The number of carbonyl (C=O) groups is 1. The van der Waals surface area contributed by atoms with Gasteiger partial charge in [0.1, 0.15) is 18.4 Å². The van der Waals surface area contributed by atoms with Crippen molar-refractivity contribution >= 4 is 5.91 Å². The van der Waals surface area contributed by atoms with Crippen LogP contribution in [0, 0.1) is 13.8 Å². The Morgan fingerprint density at radius 3 is 2.60 bits per heavy atom. The van der Waals surface area contributed by atoms with Crippen molar-refractivity contribution in [1.82, 2.24) is 24.2 Å². The fraction of sp³-hybridized carbons (Fsp3) is 0.261. The summed E-state index contributed by atoms with van der Waals surface area (Å²) in [5.41, 5.74) is 4.67. The number of rotatable bonds is 6. The average molecular weight is 403 g/mol. The molecule has 1 amide bonds. The van der Waals surface area contributed by atoms with E-state index >= 15 is 0 Å². The molecule has 30 heavy (non-hydrogen) atoms. The van der Waals surface area contributed by atoms with E-state index in [4.69, 9.17) is 4.42 Å². The maximum Gasteiger partial charge on any atom is 0.255 e. The summed E-state index contributed by atoms with van der Waals surface area (Å²) in [4.78, 5) is 19.0. The standard InChI is InChI=1S/C23H25N5O2/c1-16-12-22(18(3)27(16)13-21-6-5-11-30-21)23(29)26(4)17(2)19-7-9-20(10-8-19)28-15-24-14-25-28/h5-12,14-15,17H,13H2,1-4H3/t17-/m1/s1. The third kappa shape index (κ3) is 3.66. The number of hydrogen-bond acceptors (Lipinski definition) is 4. The van der Waals surface area contributed by atoms with Crippen molar-refractivity contribution in [3.8, 4) is 5.69 Å². The number of aromatic nitrogens is 4. The minimum Gasteiger partial charge on any atom is -0.467 e. The minimum atomic E-state index is -0.0737. The Morgan fingerprint density at radius 1 is 1.20 bits per heavy atom. The summed E-state index contributed by atoms with van der Waals surface area (Å²) in [6, 6.07) is 13.7. The molecule has 3 heterocycles. The molecule has 1 atom stereocenters. The summed E-state index contributed by atoms with van der Waals surface area (Å²) in [5.74, 6) is 0.867. The molecule has 0 radical (unpaired) electrons. The molecule has 0 saturated heterocycles. The predicted molar refractivity (Wildman–Crippen MR) is 114 cm³/mol. The summed E-state index contributed by atoms with van der Waals surface area (Å²) in [5, 5.41) is 4.14. The highest BCUT2D eigenvalue weighted by Crippen LogP contribution is 2.25. The van der Waals surface area contributed by atoms with Crippen LogP contribution in [0.5, 0.6) is 0 Å². The van der Waals surface area contributed by atoms with Crippen LogP contribution < -0.4 is 0 Å². The van der Waals surface area contributed by atoms with Crippen LogP contribution in [0.4, 0.5) is 0 Å². The van der Waals surface area contributed by atoms with Crippen LogP contribution >= 0.6 is 0 Å². The van der Waals surface area contributed by atoms with Gasteiger partial charge in [0.05, 0.1) is 30.1 Å². The lowest BCUT2D eigenvalue weighted by molar-refractivity contribution is 0.0741. The number of amides is 1. The number of benzene rings is 1. The van der Waals surface area contributed by atoms with Crippen molar-refractivity contribution in [3.05, 3.63) is 89.7 Å². The Hall–Kier alpha value is -3.61. The molecule has 1 aromatic carbocycles. The first-order chi connectivity index (χ1) is 14.5. The van der Waals surface area contributed by atoms with Crippen LogP contribution in [0.2, 0.25) is 0 Å². The van der Waals surface area contributed by atoms with Gasteiger partial charge in [-0.05, 0) is 56.7 Å². The lowest BCUT2D eigenvalue weighted by Gasteiger charge is -2.25. The zero-order chi connectivity index (χ0) is 21.3. The van der Waals surface area contributed by atoms with Gasteiger partial charge in [-0.3, -0.25) is 4.79 Å². The van der Waals surface area contributed by atoms with E-state index in [1.54, 1.807) is 22.2 Å². The van der Waals surface area contributed by atoms with Gasteiger partial charge in [-0.25, -0.2) is 9.67 Å². The van der Waals surface area contributed by atoms with Gasteiger partial charge in [-0.2, -0.15) is 5.10 Å². The van der Waals surface area contributed by atoms with Gasteiger partial charge in [-0.15, -0.1) is 0 Å². The van der Waals surface area contributed by atoms with Crippen molar-refractivity contribution in [2.24, 2.45) is 0 Å². The normalized spacial score (nSPS) is 12.1. The van der Waals surface area contributed by atoms with Gasteiger partial charge in [0.15, 0.2) is 0 Å². The second-order valence-electron chi connectivity index (χ2n) is 7.47. The predicted octanol–water partition coefficient (Wildman–Crippen LogP) is 4.16. The van der Waals surface area contributed by atoms with Crippen LogP contribution in [0.1, 0.15) is 46.0 Å². The highest BCUT2D eigenvalue weighted by Gasteiger charge is 2.23. The Bertz CT molecular complexity index is 1130. The molecule has 154 valence electrons. The van der Waals surface area contributed by atoms with Crippen molar-refractivity contribution in [3.63, 3.8) is 0 Å². The molecule has 0 unspecified atom stereocenters. The molecule has 7 heteroatoms. The molecule has 0 saturated carbocycles. The zero-order valence-corrected chi connectivity index (χ0v) is 17.6. The molecule has 0 fully saturated rings. The minimum absolute atomic E-state index is 0.00153. The fourth-order valence-corrected chi connectivity index (χ4v) is 3.66. The summed E-state index contributed by atoms with van der Waals surface area (Å²) < 4.78 is 9.28. The lowest BCUT2D eigenvalue weighted by atomic mass is 10.1. The molecule has 0 spiro atoms. The highest BCUT2D eigenvalue weighted by molar-refractivity contribution is 5.95. The van der Waals surface area contributed by atoms with E-state index in [1.165, 1.54) is 6.33 Å². The summed E-state index contributed by atoms with van der Waals surface area (Å²) in [6.07, 6.45) is 4.83. The Kier molecular flexibility index (Phi) is 5.27. The third-order valence-corrected chi connectivity index (χ3v) is 5.66. The number of nitrogens with zero attached hydrogens (tertiary/aromatic N) is 5. The maximum absolute atomic E-state index is 13.3. The molecule has 4 rings (SSSR count). The van der Waals surface area contributed by atoms with E-state index in [0.717, 1.165) is 28.4 Å². The number of furan rings is 1. The van der Waals surface area contributed by atoms with Gasteiger partial charge in [0.25, 0.3) is 5.91 Å². The first-order valence-corrected chi connectivity index (χ1v) is 9.87. The van der Waals surface area contributed by atoms with Crippen molar-refractivity contribution in [2.75, 3.05) is 7.05 Å².